The van der Waals surface area contributed by atoms with Gasteiger partial charge in [0.1, 0.15) is 5.02 Å². The van der Waals surface area contributed by atoms with Gasteiger partial charge in [-0.3, -0.25) is 9.48 Å². The molecule has 0 unspecified atom stereocenters. The topological polar surface area (TPSA) is 69.0 Å². The Kier molecular flexibility index (Phi) is 4.02. The number of aryl methyl sites for hydroxylation is 1. The number of halogens is 1. The molecule has 2 heterocycles. The number of anilines is 1. The van der Waals surface area contributed by atoms with Gasteiger partial charge in [0.05, 0.1) is 12.2 Å². The highest BCUT2D eigenvalue weighted by molar-refractivity contribution is 6.32. The molecule has 0 aliphatic heterocycles. The molecule has 1 N–H and O–H groups in total. The highest BCUT2D eigenvalue weighted by Crippen LogP contribution is 2.40. The Labute approximate surface area is 133 Å². The van der Waals surface area contributed by atoms with Crippen LogP contribution in [-0.2, 0) is 7.05 Å². The van der Waals surface area contributed by atoms with Crippen LogP contribution < -0.4 is 10.1 Å². The molecule has 1 aliphatic rings. The van der Waals surface area contributed by atoms with E-state index in [0.717, 1.165) is 5.69 Å². The first-order chi connectivity index (χ1) is 10.6. The van der Waals surface area contributed by atoms with E-state index in [1.807, 2.05) is 24.7 Å². The van der Waals surface area contributed by atoms with Crippen LogP contribution in [0.3, 0.4) is 0 Å². The third kappa shape index (κ3) is 3.06. The molecule has 3 rings (SSSR count). The van der Waals surface area contributed by atoms with E-state index in [9.17, 15) is 4.79 Å². The van der Waals surface area contributed by atoms with Crippen molar-refractivity contribution < 1.29 is 9.53 Å². The first-order valence-electron chi connectivity index (χ1n) is 7.22. The molecule has 1 saturated carbocycles. The van der Waals surface area contributed by atoms with Crippen molar-refractivity contribution in [1.29, 1.82) is 0 Å². The Hall–Kier alpha value is -2.08. The van der Waals surface area contributed by atoms with Crippen molar-refractivity contribution in [3.8, 4) is 5.88 Å². The maximum atomic E-state index is 12.2. The summed E-state index contributed by atoms with van der Waals surface area (Å²) in [5.41, 5.74) is 1.52. The molecule has 0 radical (unpaired) electrons. The van der Waals surface area contributed by atoms with Crippen molar-refractivity contribution in [2.24, 2.45) is 7.05 Å². The van der Waals surface area contributed by atoms with E-state index in [1.165, 1.54) is 19.0 Å². The highest BCUT2D eigenvalue weighted by atomic mass is 35.5. The Balaban J connectivity index is 1.74. The van der Waals surface area contributed by atoms with Gasteiger partial charge in [-0.1, -0.05) is 11.6 Å². The quantitative estimate of drug-likeness (QED) is 0.919. The van der Waals surface area contributed by atoms with Crippen molar-refractivity contribution in [3.05, 3.63) is 34.6 Å². The Bertz CT molecular complexity index is 710. The molecule has 22 heavy (non-hydrogen) atoms. The number of nitrogens with zero attached hydrogens (tertiary/aromatic N) is 3. The average Bonchev–Trinajstić information content (AvgIpc) is 3.25. The maximum absolute atomic E-state index is 12.2. The first-order valence-corrected chi connectivity index (χ1v) is 7.60. The van der Waals surface area contributed by atoms with Gasteiger partial charge in [-0.25, -0.2) is 4.98 Å². The molecule has 7 heteroatoms. The van der Waals surface area contributed by atoms with Crippen molar-refractivity contribution in [3.63, 3.8) is 0 Å². The summed E-state index contributed by atoms with van der Waals surface area (Å²) < 4.78 is 7.07. The molecule has 2 aromatic rings. The summed E-state index contributed by atoms with van der Waals surface area (Å²) >= 11 is 6.05. The Morgan fingerprint density at radius 1 is 1.50 bits per heavy atom. The summed E-state index contributed by atoms with van der Waals surface area (Å²) in [5, 5.41) is 7.40. The van der Waals surface area contributed by atoms with Crippen LogP contribution in [0.5, 0.6) is 5.88 Å². The van der Waals surface area contributed by atoms with Crippen LogP contribution in [-0.4, -0.2) is 27.3 Å². The molecule has 0 saturated heterocycles. The van der Waals surface area contributed by atoms with E-state index in [1.54, 1.807) is 6.07 Å². The summed E-state index contributed by atoms with van der Waals surface area (Å²) in [5.74, 6) is 1.15. The van der Waals surface area contributed by atoms with E-state index in [0.29, 0.717) is 34.8 Å². The predicted octanol–water partition coefficient (Wildman–Crippen LogP) is 3.00. The number of carbonyl (C=O) groups is 1. The van der Waals surface area contributed by atoms with Crippen molar-refractivity contribution in [2.75, 3.05) is 11.9 Å². The standard InChI is InChI=1S/C15H17ClN4O2/c1-3-22-15-11(16)6-10(8-17-15)14(21)18-13-7-12(9-4-5-9)20(2)19-13/h6-9H,3-5H2,1-2H3,(H,18,19,21). The van der Waals surface area contributed by atoms with Crippen LogP contribution in [0.1, 0.15) is 41.7 Å². The number of hydrogen-bond acceptors (Lipinski definition) is 4. The summed E-state index contributed by atoms with van der Waals surface area (Å²) in [7, 11) is 1.89. The van der Waals surface area contributed by atoms with Crippen LogP contribution in [0.15, 0.2) is 18.3 Å². The van der Waals surface area contributed by atoms with Gasteiger partial charge >= 0.3 is 0 Å². The van der Waals surface area contributed by atoms with Gasteiger partial charge < -0.3 is 10.1 Å². The molecule has 2 aromatic heterocycles. The smallest absolute Gasteiger partial charge is 0.258 e. The molecule has 1 amide bonds. The number of ether oxygens (including phenoxy) is 1. The molecule has 0 spiro atoms. The van der Waals surface area contributed by atoms with E-state index in [4.69, 9.17) is 16.3 Å². The van der Waals surface area contributed by atoms with Gasteiger partial charge in [-0.15, -0.1) is 0 Å². The number of rotatable bonds is 5. The van der Waals surface area contributed by atoms with Crippen LogP contribution in [0.4, 0.5) is 5.82 Å². The number of hydrogen-bond donors (Lipinski definition) is 1. The number of pyridine rings is 1. The summed E-state index contributed by atoms with van der Waals surface area (Å²) in [4.78, 5) is 16.3. The minimum atomic E-state index is -0.294. The van der Waals surface area contributed by atoms with Gasteiger partial charge in [0.15, 0.2) is 5.82 Å². The number of carbonyl (C=O) groups excluding carboxylic acids is 1. The normalized spacial score (nSPS) is 14.0. The second-order valence-corrected chi connectivity index (χ2v) is 5.66. The van der Waals surface area contributed by atoms with Crippen molar-refractivity contribution >= 4 is 23.3 Å². The fraction of sp³-hybridized carbons (Fsp3) is 0.400. The van der Waals surface area contributed by atoms with Crippen LogP contribution in [0.2, 0.25) is 5.02 Å². The van der Waals surface area contributed by atoms with Gasteiger partial charge in [-0.05, 0) is 25.8 Å². The number of aromatic nitrogens is 3. The Morgan fingerprint density at radius 3 is 2.91 bits per heavy atom. The number of nitrogens with one attached hydrogen (secondary N) is 1. The lowest BCUT2D eigenvalue weighted by Crippen LogP contribution is -2.13. The minimum absolute atomic E-state index is 0.294. The fourth-order valence-electron chi connectivity index (χ4n) is 2.28. The zero-order valence-corrected chi connectivity index (χ0v) is 13.2. The summed E-state index contributed by atoms with van der Waals surface area (Å²) in [6, 6.07) is 3.46. The van der Waals surface area contributed by atoms with Gasteiger partial charge in [-0.2, -0.15) is 5.10 Å². The van der Waals surface area contributed by atoms with E-state index in [2.05, 4.69) is 15.4 Å². The van der Waals surface area contributed by atoms with E-state index in [-0.39, 0.29) is 5.91 Å². The van der Waals surface area contributed by atoms with Crippen LogP contribution in [0.25, 0.3) is 0 Å². The lowest BCUT2D eigenvalue weighted by atomic mass is 10.2. The van der Waals surface area contributed by atoms with Crippen molar-refractivity contribution in [2.45, 2.75) is 25.7 Å². The monoisotopic (exact) mass is 320 g/mol. The molecule has 1 fully saturated rings. The second kappa shape index (κ2) is 5.96. The fourth-order valence-corrected chi connectivity index (χ4v) is 2.51. The lowest BCUT2D eigenvalue weighted by molar-refractivity contribution is 0.102. The molecular formula is C15H17ClN4O2. The third-order valence-electron chi connectivity index (χ3n) is 3.50. The van der Waals surface area contributed by atoms with Gasteiger partial charge in [0, 0.05) is 30.9 Å². The summed E-state index contributed by atoms with van der Waals surface area (Å²) in [6.45, 7) is 2.31. The van der Waals surface area contributed by atoms with Gasteiger partial charge in [0.25, 0.3) is 5.91 Å². The largest absolute Gasteiger partial charge is 0.477 e. The minimum Gasteiger partial charge on any atom is -0.477 e. The predicted molar refractivity (Wildman–Crippen MR) is 83.6 cm³/mol. The molecule has 6 nitrogen and oxygen atoms in total. The van der Waals surface area contributed by atoms with Gasteiger partial charge in [0.2, 0.25) is 5.88 Å². The third-order valence-corrected chi connectivity index (χ3v) is 3.77. The lowest BCUT2D eigenvalue weighted by Gasteiger charge is -2.06. The molecular weight excluding hydrogens is 304 g/mol. The average molecular weight is 321 g/mol. The van der Waals surface area contributed by atoms with Crippen LogP contribution in [0, 0.1) is 0 Å². The molecule has 0 bridgehead atoms. The molecule has 0 aromatic carbocycles. The van der Waals surface area contributed by atoms with Crippen LogP contribution >= 0.6 is 11.6 Å². The zero-order chi connectivity index (χ0) is 15.7. The maximum Gasteiger partial charge on any atom is 0.258 e. The van der Waals surface area contributed by atoms with E-state index >= 15 is 0 Å². The zero-order valence-electron chi connectivity index (χ0n) is 12.5. The SMILES string of the molecule is CCOc1ncc(C(=O)Nc2cc(C3CC3)n(C)n2)cc1Cl. The number of amides is 1. The van der Waals surface area contributed by atoms with E-state index < -0.39 is 0 Å². The summed E-state index contributed by atoms with van der Waals surface area (Å²) in [6.07, 6.45) is 3.81. The molecule has 116 valence electrons. The molecule has 1 aliphatic carbocycles. The van der Waals surface area contributed by atoms with Crippen molar-refractivity contribution in [1.82, 2.24) is 14.8 Å². The highest BCUT2D eigenvalue weighted by Gasteiger charge is 2.27. The molecule has 0 atom stereocenters. The first kappa shape index (κ1) is 14.8. The second-order valence-electron chi connectivity index (χ2n) is 5.25. The Morgan fingerprint density at radius 2 is 2.27 bits per heavy atom.